The van der Waals surface area contributed by atoms with Crippen LogP contribution in [0.3, 0.4) is 0 Å². The second kappa shape index (κ2) is 7.40. The van der Waals surface area contributed by atoms with Crippen molar-refractivity contribution in [2.45, 2.75) is 39.8 Å². The first-order chi connectivity index (χ1) is 13.5. The lowest BCUT2D eigenvalue weighted by Crippen LogP contribution is -2.29. The summed E-state index contributed by atoms with van der Waals surface area (Å²) in [5.41, 5.74) is 7.25. The Hall–Kier alpha value is -2.66. The normalized spacial score (nSPS) is 19.1. The van der Waals surface area contributed by atoms with Crippen molar-refractivity contribution >= 4 is 17.3 Å². The molecule has 1 fully saturated rings. The molecule has 4 rings (SSSR count). The van der Waals surface area contributed by atoms with Gasteiger partial charge < -0.3 is 14.8 Å². The molecule has 3 heterocycles. The minimum atomic E-state index is 0.0418. The zero-order valence-corrected chi connectivity index (χ0v) is 17.6. The highest BCUT2D eigenvalue weighted by molar-refractivity contribution is 7.80. The van der Waals surface area contributed by atoms with Crippen molar-refractivity contribution in [3.8, 4) is 5.69 Å². The Kier molecular flexibility index (Phi) is 4.94. The summed E-state index contributed by atoms with van der Waals surface area (Å²) in [5.74, 6) is 0. The van der Waals surface area contributed by atoms with Gasteiger partial charge in [-0.3, -0.25) is 4.98 Å². The van der Waals surface area contributed by atoms with Crippen LogP contribution in [0.15, 0.2) is 54.7 Å². The highest BCUT2D eigenvalue weighted by Crippen LogP contribution is 2.41. The van der Waals surface area contributed by atoms with E-state index in [2.05, 4.69) is 83.9 Å². The van der Waals surface area contributed by atoms with Crippen LogP contribution in [0.25, 0.3) is 5.69 Å². The number of nitrogens with zero attached hydrogens (tertiary/aromatic N) is 3. The molecule has 28 heavy (non-hydrogen) atoms. The number of rotatable bonds is 4. The number of aromatic nitrogens is 2. The molecule has 144 valence electrons. The summed E-state index contributed by atoms with van der Waals surface area (Å²) in [6.45, 7) is 9.52. The maximum Gasteiger partial charge on any atom is 0.170 e. The first-order valence-electron chi connectivity index (χ1n) is 9.75. The summed E-state index contributed by atoms with van der Waals surface area (Å²) < 4.78 is 2.34. The van der Waals surface area contributed by atoms with Gasteiger partial charge in [0.25, 0.3) is 0 Å². The summed E-state index contributed by atoms with van der Waals surface area (Å²) in [4.78, 5) is 6.89. The Morgan fingerprint density at radius 2 is 1.89 bits per heavy atom. The molecule has 0 amide bonds. The van der Waals surface area contributed by atoms with Crippen molar-refractivity contribution in [2.75, 3.05) is 6.54 Å². The molecule has 0 aliphatic carbocycles. The molecule has 5 heteroatoms. The standard InChI is InChI=1S/C23H26N4S/c1-5-26-22(21(25-23(26)28)20-11-6-7-12-24-20)19-14-16(3)27(17(19)4)18-10-8-9-15(2)13-18/h6-14,21-22H,5H2,1-4H3,(H,25,28)/t21-,22-/m1/s1. The van der Waals surface area contributed by atoms with Gasteiger partial charge in [0.1, 0.15) is 0 Å². The Labute approximate surface area is 172 Å². The summed E-state index contributed by atoms with van der Waals surface area (Å²) >= 11 is 5.67. The van der Waals surface area contributed by atoms with E-state index in [4.69, 9.17) is 12.2 Å². The molecule has 0 radical (unpaired) electrons. The van der Waals surface area contributed by atoms with Gasteiger partial charge in [-0.05, 0) is 81.4 Å². The Balaban J connectivity index is 1.84. The van der Waals surface area contributed by atoms with Crippen LogP contribution < -0.4 is 5.32 Å². The average Bonchev–Trinajstić information content (AvgIpc) is 3.17. The molecule has 1 aliphatic heterocycles. The summed E-state index contributed by atoms with van der Waals surface area (Å²) in [6, 6.07) is 17.2. The van der Waals surface area contributed by atoms with Crippen LogP contribution in [-0.2, 0) is 0 Å². The van der Waals surface area contributed by atoms with Crippen molar-refractivity contribution in [1.29, 1.82) is 0 Å². The lowest BCUT2D eigenvalue weighted by Gasteiger charge is -2.27. The third-order valence-corrected chi connectivity index (χ3v) is 5.94. The van der Waals surface area contributed by atoms with E-state index < -0.39 is 0 Å². The van der Waals surface area contributed by atoms with Crippen molar-refractivity contribution in [3.05, 3.63) is 82.9 Å². The van der Waals surface area contributed by atoms with E-state index in [9.17, 15) is 0 Å². The number of aryl methyl sites for hydroxylation is 2. The molecule has 0 saturated carbocycles. The predicted octanol–water partition coefficient (Wildman–Crippen LogP) is 4.79. The molecule has 3 aromatic rings. The molecule has 1 saturated heterocycles. The van der Waals surface area contributed by atoms with E-state index in [1.807, 2.05) is 18.3 Å². The minimum Gasteiger partial charge on any atom is -0.352 e. The maximum atomic E-state index is 5.67. The first kappa shape index (κ1) is 18.7. The Bertz CT molecular complexity index is 1010. The molecule has 1 aliphatic rings. The lowest BCUT2D eigenvalue weighted by molar-refractivity contribution is 0.329. The number of hydrogen-bond donors (Lipinski definition) is 1. The van der Waals surface area contributed by atoms with Gasteiger partial charge in [-0.1, -0.05) is 18.2 Å². The van der Waals surface area contributed by atoms with Crippen molar-refractivity contribution in [2.24, 2.45) is 0 Å². The minimum absolute atomic E-state index is 0.0418. The van der Waals surface area contributed by atoms with Crippen molar-refractivity contribution in [1.82, 2.24) is 19.8 Å². The molecule has 2 atom stereocenters. The third-order valence-electron chi connectivity index (χ3n) is 5.59. The summed E-state index contributed by atoms with van der Waals surface area (Å²) in [5, 5.41) is 4.31. The van der Waals surface area contributed by atoms with Crippen molar-refractivity contribution < 1.29 is 0 Å². The number of likely N-dealkylation sites (N-methyl/N-ethyl adjacent to an activating group) is 1. The van der Waals surface area contributed by atoms with Crippen LogP contribution in [0.5, 0.6) is 0 Å². The number of pyridine rings is 1. The second-order valence-electron chi connectivity index (χ2n) is 7.41. The smallest absolute Gasteiger partial charge is 0.170 e. The molecule has 0 spiro atoms. The molecule has 0 unspecified atom stereocenters. The highest BCUT2D eigenvalue weighted by Gasteiger charge is 2.40. The van der Waals surface area contributed by atoms with Crippen molar-refractivity contribution in [3.63, 3.8) is 0 Å². The quantitative estimate of drug-likeness (QED) is 0.650. The topological polar surface area (TPSA) is 33.1 Å². The third kappa shape index (κ3) is 3.10. The second-order valence-corrected chi connectivity index (χ2v) is 7.80. The van der Waals surface area contributed by atoms with Gasteiger partial charge in [-0.15, -0.1) is 0 Å². The van der Waals surface area contributed by atoms with Gasteiger partial charge in [0, 0.05) is 29.8 Å². The molecule has 1 aromatic carbocycles. The molecular formula is C23H26N4S. The first-order valence-corrected chi connectivity index (χ1v) is 10.2. The maximum absolute atomic E-state index is 5.67. The van der Waals surface area contributed by atoms with E-state index in [1.54, 1.807) is 0 Å². The van der Waals surface area contributed by atoms with E-state index in [0.717, 1.165) is 17.4 Å². The van der Waals surface area contributed by atoms with E-state index >= 15 is 0 Å². The molecule has 4 nitrogen and oxygen atoms in total. The summed E-state index contributed by atoms with van der Waals surface area (Å²) in [7, 11) is 0. The lowest BCUT2D eigenvalue weighted by atomic mass is 9.97. The average molecular weight is 391 g/mol. The van der Waals surface area contributed by atoms with Gasteiger partial charge in [0.05, 0.1) is 17.8 Å². The predicted molar refractivity (Wildman–Crippen MR) is 118 cm³/mol. The van der Waals surface area contributed by atoms with Gasteiger partial charge in [-0.25, -0.2) is 0 Å². The zero-order chi connectivity index (χ0) is 19.8. The fraction of sp³-hybridized carbons (Fsp3) is 0.304. The van der Waals surface area contributed by atoms with E-state index in [1.165, 1.54) is 28.2 Å². The monoisotopic (exact) mass is 390 g/mol. The van der Waals surface area contributed by atoms with Gasteiger partial charge in [-0.2, -0.15) is 0 Å². The summed E-state index contributed by atoms with van der Waals surface area (Å²) in [6.07, 6.45) is 1.85. The van der Waals surface area contributed by atoms with E-state index in [-0.39, 0.29) is 12.1 Å². The molecular weight excluding hydrogens is 364 g/mol. The molecule has 2 aromatic heterocycles. The number of thiocarbonyl (C=S) groups is 1. The van der Waals surface area contributed by atoms with Gasteiger partial charge >= 0.3 is 0 Å². The van der Waals surface area contributed by atoms with Gasteiger partial charge in [0.2, 0.25) is 0 Å². The SMILES string of the molecule is CCN1C(=S)N[C@H](c2ccccn2)[C@H]1c1cc(C)n(-c2cccc(C)c2)c1C. The molecule has 1 N–H and O–H groups in total. The van der Waals surface area contributed by atoms with Crippen LogP contribution in [0.4, 0.5) is 0 Å². The number of hydrogen-bond acceptors (Lipinski definition) is 2. The van der Waals surface area contributed by atoms with Crippen LogP contribution in [0.2, 0.25) is 0 Å². The number of nitrogens with one attached hydrogen (secondary N) is 1. The van der Waals surface area contributed by atoms with Crippen LogP contribution in [-0.4, -0.2) is 26.1 Å². The Morgan fingerprint density at radius 3 is 2.57 bits per heavy atom. The van der Waals surface area contributed by atoms with E-state index in [0.29, 0.717) is 0 Å². The van der Waals surface area contributed by atoms with Gasteiger partial charge in [0.15, 0.2) is 5.11 Å². The fourth-order valence-electron chi connectivity index (χ4n) is 4.34. The fourth-order valence-corrected chi connectivity index (χ4v) is 4.71. The molecule has 0 bridgehead atoms. The Morgan fingerprint density at radius 1 is 1.07 bits per heavy atom. The largest absolute Gasteiger partial charge is 0.352 e. The van der Waals surface area contributed by atoms with Crippen LogP contribution in [0, 0.1) is 20.8 Å². The van der Waals surface area contributed by atoms with Crippen LogP contribution in [0.1, 0.15) is 47.2 Å². The zero-order valence-electron chi connectivity index (χ0n) is 16.8. The number of benzene rings is 1. The highest BCUT2D eigenvalue weighted by atomic mass is 32.1. The van der Waals surface area contributed by atoms with Crippen LogP contribution >= 0.6 is 12.2 Å².